The molecule has 4 rings (SSSR count). The molecule has 2 nitrogen and oxygen atoms in total. The van der Waals surface area contributed by atoms with Crippen molar-refractivity contribution < 1.29 is 4.74 Å². The second kappa shape index (κ2) is 5.28. The van der Waals surface area contributed by atoms with Gasteiger partial charge in [-0.1, -0.05) is 6.92 Å². The van der Waals surface area contributed by atoms with E-state index in [1.165, 1.54) is 38.5 Å². The van der Waals surface area contributed by atoms with Gasteiger partial charge in [-0.05, 0) is 89.0 Å². The maximum Gasteiger partial charge on any atom is 0.0632 e. The third kappa shape index (κ3) is 2.92. The van der Waals surface area contributed by atoms with E-state index in [-0.39, 0.29) is 5.60 Å². The van der Waals surface area contributed by atoms with Gasteiger partial charge in [-0.2, -0.15) is 0 Å². The van der Waals surface area contributed by atoms with Crippen LogP contribution < -0.4 is 5.32 Å². The molecule has 0 aromatic heterocycles. The summed E-state index contributed by atoms with van der Waals surface area (Å²) in [5.74, 6) is 3.08. The number of likely N-dealkylation sites (N-methyl/N-ethyl adjacent to an activating group) is 1. The quantitative estimate of drug-likeness (QED) is 0.821. The van der Waals surface area contributed by atoms with Crippen LogP contribution in [0.25, 0.3) is 0 Å². The highest BCUT2D eigenvalue weighted by atomic mass is 16.5. The Morgan fingerprint density at radius 3 is 1.95 bits per heavy atom. The summed E-state index contributed by atoms with van der Waals surface area (Å²) in [6, 6.07) is 0.570. The van der Waals surface area contributed by atoms with Crippen LogP contribution in [0.2, 0.25) is 0 Å². The van der Waals surface area contributed by atoms with Crippen LogP contribution in [0.3, 0.4) is 0 Å². The zero-order valence-electron chi connectivity index (χ0n) is 13.9. The minimum atomic E-state index is -0.0179. The summed E-state index contributed by atoms with van der Waals surface area (Å²) in [5, 5.41) is 3.79. The smallest absolute Gasteiger partial charge is 0.0632 e. The summed E-state index contributed by atoms with van der Waals surface area (Å²) in [6.07, 6.45) is 8.97. The van der Waals surface area contributed by atoms with Crippen molar-refractivity contribution in [1.82, 2.24) is 5.32 Å². The highest BCUT2D eigenvalue weighted by molar-refractivity contribution is 5.06. The molecule has 0 amide bonds. The third-order valence-electron chi connectivity index (χ3n) is 5.96. The zero-order valence-corrected chi connectivity index (χ0v) is 13.9. The Labute approximate surface area is 125 Å². The Morgan fingerprint density at radius 2 is 1.55 bits per heavy atom. The molecule has 1 unspecified atom stereocenters. The fourth-order valence-electron chi connectivity index (χ4n) is 5.64. The molecule has 2 heteroatoms. The Balaban J connectivity index is 1.73. The van der Waals surface area contributed by atoms with E-state index in [0.717, 1.165) is 30.9 Å². The highest BCUT2D eigenvalue weighted by Crippen LogP contribution is 2.61. The van der Waals surface area contributed by atoms with Crippen molar-refractivity contribution in [3.63, 3.8) is 0 Å². The van der Waals surface area contributed by atoms with E-state index in [2.05, 4.69) is 33.0 Å². The van der Waals surface area contributed by atoms with Gasteiger partial charge in [0.15, 0.2) is 0 Å². The van der Waals surface area contributed by atoms with Crippen molar-refractivity contribution in [3.05, 3.63) is 0 Å². The molecule has 116 valence electrons. The van der Waals surface area contributed by atoms with E-state index in [4.69, 9.17) is 4.74 Å². The van der Waals surface area contributed by atoms with Crippen LogP contribution in [0.4, 0.5) is 0 Å². The fourth-order valence-corrected chi connectivity index (χ4v) is 5.64. The van der Waals surface area contributed by atoms with Gasteiger partial charge in [0.1, 0.15) is 0 Å². The van der Waals surface area contributed by atoms with Gasteiger partial charge in [0.25, 0.3) is 0 Å². The number of hydrogen-bond acceptors (Lipinski definition) is 2. The van der Waals surface area contributed by atoms with Crippen molar-refractivity contribution in [1.29, 1.82) is 0 Å². The van der Waals surface area contributed by atoms with Crippen LogP contribution in [0.5, 0.6) is 0 Å². The predicted molar refractivity (Wildman–Crippen MR) is 83.8 cm³/mol. The maximum atomic E-state index is 6.17. The molecule has 1 N–H and O–H groups in total. The SMILES string of the molecule is CCNC(COC(C)(C)C)C12CC3CC(CC(C3)C1)C2. The second-order valence-electron chi connectivity index (χ2n) is 8.81. The first-order valence-corrected chi connectivity index (χ1v) is 8.77. The van der Waals surface area contributed by atoms with Crippen molar-refractivity contribution in [2.45, 2.75) is 77.9 Å². The third-order valence-corrected chi connectivity index (χ3v) is 5.96. The van der Waals surface area contributed by atoms with Gasteiger partial charge in [0.2, 0.25) is 0 Å². The minimum Gasteiger partial charge on any atom is -0.374 e. The van der Waals surface area contributed by atoms with E-state index in [0.29, 0.717) is 11.5 Å². The average molecular weight is 279 g/mol. The van der Waals surface area contributed by atoms with E-state index >= 15 is 0 Å². The molecule has 0 saturated heterocycles. The molecule has 0 aromatic rings. The molecule has 0 spiro atoms. The monoisotopic (exact) mass is 279 g/mol. The standard InChI is InChI=1S/C18H33NO/c1-5-19-16(12-20-17(2,3)4)18-9-13-6-14(10-18)8-15(7-13)11-18/h13-16,19H,5-12H2,1-4H3. The Morgan fingerprint density at radius 1 is 1.05 bits per heavy atom. The molecule has 0 radical (unpaired) electrons. The minimum absolute atomic E-state index is 0.0179. The van der Waals surface area contributed by atoms with Crippen LogP contribution in [-0.2, 0) is 4.74 Å². The van der Waals surface area contributed by atoms with Crippen molar-refractivity contribution >= 4 is 0 Å². The Kier molecular flexibility index (Phi) is 3.92. The summed E-state index contributed by atoms with van der Waals surface area (Å²) < 4.78 is 6.17. The number of rotatable bonds is 5. The molecule has 0 aliphatic heterocycles. The van der Waals surface area contributed by atoms with Gasteiger partial charge in [0, 0.05) is 6.04 Å². The van der Waals surface area contributed by atoms with Crippen molar-refractivity contribution in [2.75, 3.05) is 13.2 Å². The lowest BCUT2D eigenvalue weighted by atomic mass is 9.47. The topological polar surface area (TPSA) is 21.3 Å². The van der Waals surface area contributed by atoms with Crippen LogP contribution >= 0.6 is 0 Å². The number of nitrogens with one attached hydrogen (secondary N) is 1. The summed E-state index contributed by atoms with van der Waals surface area (Å²) in [6.45, 7) is 10.7. The normalized spacial score (nSPS) is 41.1. The van der Waals surface area contributed by atoms with Crippen LogP contribution in [-0.4, -0.2) is 24.8 Å². The van der Waals surface area contributed by atoms with Crippen LogP contribution in [0.15, 0.2) is 0 Å². The first kappa shape index (κ1) is 14.8. The lowest BCUT2D eigenvalue weighted by Gasteiger charge is -2.59. The first-order valence-electron chi connectivity index (χ1n) is 8.77. The highest BCUT2D eigenvalue weighted by Gasteiger charge is 2.54. The Bertz CT molecular complexity index is 309. The van der Waals surface area contributed by atoms with Gasteiger partial charge < -0.3 is 10.1 Å². The molecule has 4 aliphatic rings. The van der Waals surface area contributed by atoms with E-state index < -0.39 is 0 Å². The molecular formula is C18H33NO. The molecule has 4 aliphatic carbocycles. The summed E-state index contributed by atoms with van der Waals surface area (Å²) in [5.41, 5.74) is 0.534. The molecule has 20 heavy (non-hydrogen) atoms. The largest absolute Gasteiger partial charge is 0.374 e. The number of ether oxygens (including phenoxy) is 1. The molecule has 1 atom stereocenters. The fraction of sp³-hybridized carbons (Fsp3) is 1.00. The average Bonchev–Trinajstić information content (AvgIpc) is 2.31. The van der Waals surface area contributed by atoms with Crippen molar-refractivity contribution in [2.24, 2.45) is 23.2 Å². The second-order valence-corrected chi connectivity index (χ2v) is 8.81. The van der Waals surface area contributed by atoms with Gasteiger partial charge in [-0.15, -0.1) is 0 Å². The molecule has 4 saturated carbocycles. The first-order chi connectivity index (χ1) is 9.40. The predicted octanol–water partition coefficient (Wildman–Crippen LogP) is 4.00. The maximum absolute atomic E-state index is 6.17. The van der Waals surface area contributed by atoms with Gasteiger partial charge in [-0.3, -0.25) is 0 Å². The van der Waals surface area contributed by atoms with Crippen molar-refractivity contribution in [3.8, 4) is 0 Å². The molecular weight excluding hydrogens is 246 g/mol. The van der Waals surface area contributed by atoms with Crippen LogP contribution in [0.1, 0.15) is 66.2 Å². The van der Waals surface area contributed by atoms with Gasteiger partial charge >= 0.3 is 0 Å². The molecule has 4 bridgehead atoms. The van der Waals surface area contributed by atoms with E-state index in [9.17, 15) is 0 Å². The lowest BCUT2D eigenvalue weighted by molar-refractivity contribution is -0.105. The number of hydrogen-bond donors (Lipinski definition) is 1. The summed E-state index contributed by atoms with van der Waals surface area (Å²) in [7, 11) is 0. The lowest BCUT2D eigenvalue weighted by Crippen LogP contribution is -2.57. The molecule has 0 heterocycles. The summed E-state index contributed by atoms with van der Waals surface area (Å²) >= 11 is 0. The van der Waals surface area contributed by atoms with Gasteiger partial charge in [0.05, 0.1) is 12.2 Å². The van der Waals surface area contributed by atoms with E-state index in [1.807, 2.05) is 0 Å². The van der Waals surface area contributed by atoms with Crippen LogP contribution in [0, 0.1) is 23.2 Å². The Hall–Kier alpha value is -0.0800. The molecule has 4 fully saturated rings. The summed E-state index contributed by atoms with van der Waals surface area (Å²) in [4.78, 5) is 0. The van der Waals surface area contributed by atoms with Gasteiger partial charge in [-0.25, -0.2) is 0 Å². The van der Waals surface area contributed by atoms with E-state index in [1.54, 1.807) is 0 Å². The zero-order chi connectivity index (χ0) is 14.4. The molecule has 0 aromatic carbocycles.